The highest BCUT2D eigenvalue weighted by molar-refractivity contribution is 7.99. The lowest BCUT2D eigenvalue weighted by Crippen LogP contribution is -2.65. The van der Waals surface area contributed by atoms with Gasteiger partial charge in [0.2, 0.25) is 5.91 Å². The topological polar surface area (TPSA) is 123 Å². The number of hydrogen-bond donors (Lipinski definition) is 6. The molecule has 3 fully saturated rings. The number of thioether (sulfide) groups is 1. The van der Waals surface area contributed by atoms with Crippen molar-refractivity contribution in [3.63, 3.8) is 0 Å². The highest BCUT2D eigenvalue weighted by atomic mass is 35.5. The van der Waals surface area contributed by atoms with Gasteiger partial charge in [0.1, 0.15) is 29.9 Å². The van der Waals surface area contributed by atoms with E-state index < -0.39 is 60.0 Å². The van der Waals surface area contributed by atoms with Crippen molar-refractivity contribution >= 4 is 29.3 Å². The molecule has 13 heteroatoms. The van der Waals surface area contributed by atoms with E-state index in [1.165, 1.54) is 11.8 Å². The first-order chi connectivity index (χ1) is 17.4. The maximum absolute atomic E-state index is 13.2. The highest BCUT2D eigenvalue weighted by Crippen LogP contribution is 2.36. The van der Waals surface area contributed by atoms with Crippen molar-refractivity contribution in [1.29, 1.82) is 0 Å². The Morgan fingerprint density at radius 2 is 1.68 bits per heavy atom. The standard InChI is InChI=1S/C24H41ClF3N3O5S/c1-12(25)17(21-19(33)18(32)20(34)23(36-21)37-2)31-22(35)16-8-5-14(9-10-29-16)13-3-6-15(7-4-13)30-11-24(26,27)28/h12-21,23,29-30,32-34H,3-11H2,1-2H3,(H,31,35)/t12-,13-,14-,15-,16-,17+,18?,19?,20+,21+,23?/m0/s1. The molecule has 0 radical (unpaired) electrons. The minimum atomic E-state index is -4.20. The average molecular weight is 576 g/mol. The fraction of sp³-hybridized carbons (Fsp3) is 0.958. The van der Waals surface area contributed by atoms with Crippen LogP contribution in [-0.2, 0) is 9.53 Å². The molecular formula is C24H41ClF3N3O5S. The SMILES string of the molecule is CSC1O[C@H]([C@H](NC(=O)[C@@H]2CC[C@H]([C@H]3CC[C@H](NCC(F)(F)F)CC3)CCN2)[C@H](C)Cl)C(O)C(O)[C@H]1O. The molecular weight excluding hydrogens is 535 g/mol. The first kappa shape index (κ1) is 31.2. The summed E-state index contributed by atoms with van der Waals surface area (Å²) in [6.45, 7) is 1.37. The maximum atomic E-state index is 13.2. The summed E-state index contributed by atoms with van der Waals surface area (Å²) in [5, 5.41) is 39.2. The van der Waals surface area contributed by atoms with Crippen LogP contribution in [0.25, 0.3) is 0 Å². The Morgan fingerprint density at radius 3 is 2.27 bits per heavy atom. The summed E-state index contributed by atoms with van der Waals surface area (Å²) in [6.07, 6.45) is -2.04. The fourth-order valence-electron chi connectivity index (χ4n) is 5.91. The molecule has 0 aromatic rings. The van der Waals surface area contributed by atoms with Gasteiger partial charge in [-0.05, 0) is 76.5 Å². The van der Waals surface area contributed by atoms with E-state index in [1.807, 2.05) is 0 Å². The van der Waals surface area contributed by atoms with Crippen molar-refractivity contribution in [2.24, 2.45) is 11.8 Å². The third kappa shape index (κ3) is 8.57. The Morgan fingerprint density at radius 1 is 1.05 bits per heavy atom. The molecule has 2 saturated heterocycles. The predicted octanol–water partition coefficient (Wildman–Crippen LogP) is 1.74. The molecule has 1 saturated carbocycles. The second kappa shape index (κ2) is 13.8. The van der Waals surface area contributed by atoms with Gasteiger partial charge in [0.05, 0.1) is 24.0 Å². The van der Waals surface area contributed by atoms with Gasteiger partial charge in [0.25, 0.3) is 0 Å². The van der Waals surface area contributed by atoms with Crippen LogP contribution in [0.4, 0.5) is 13.2 Å². The molecule has 3 aliphatic rings. The third-order valence-corrected chi connectivity index (χ3v) is 9.20. The van der Waals surface area contributed by atoms with Gasteiger partial charge in [-0.2, -0.15) is 13.2 Å². The summed E-state index contributed by atoms with van der Waals surface area (Å²) in [4.78, 5) is 13.2. The Bertz CT molecular complexity index is 730. The number of halogens is 4. The molecule has 3 unspecified atom stereocenters. The number of ether oxygens (including phenoxy) is 1. The van der Waals surface area contributed by atoms with Gasteiger partial charge in [-0.3, -0.25) is 4.79 Å². The van der Waals surface area contributed by atoms with Crippen LogP contribution in [0.5, 0.6) is 0 Å². The number of nitrogens with one attached hydrogen (secondary N) is 3. The van der Waals surface area contributed by atoms with E-state index in [0.717, 1.165) is 38.5 Å². The highest BCUT2D eigenvalue weighted by Gasteiger charge is 2.48. The van der Waals surface area contributed by atoms with Crippen LogP contribution >= 0.6 is 23.4 Å². The molecule has 8 nitrogen and oxygen atoms in total. The van der Waals surface area contributed by atoms with Crippen molar-refractivity contribution in [3.8, 4) is 0 Å². The number of amides is 1. The lowest BCUT2D eigenvalue weighted by atomic mass is 9.75. The first-order valence-corrected chi connectivity index (χ1v) is 14.8. The zero-order valence-corrected chi connectivity index (χ0v) is 22.9. The molecule has 3 rings (SSSR count). The lowest BCUT2D eigenvalue weighted by Gasteiger charge is -2.44. The summed E-state index contributed by atoms with van der Waals surface area (Å²) in [6, 6.07) is -1.35. The molecule has 2 aliphatic heterocycles. The van der Waals surface area contributed by atoms with Crippen molar-refractivity contribution in [2.75, 3.05) is 19.3 Å². The quantitative estimate of drug-likeness (QED) is 0.242. The molecule has 1 amide bonds. The summed E-state index contributed by atoms with van der Waals surface area (Å²) in [7, 11) is 0. The smallest absolute Gasteiger partial charge is 0.388 e. The number of rotatable bonds is 8. The van der Waals surface area contributed by atoms with Crippen molar-refractivity contribution in [1.82, 2.24) is 16.0 Å². The molecule has 9 atom stereocenters. The van der Waals surface area contributed by atoms with E-state index in [-0.39, 0.29) is 11.9 Å². The Balaban J connectivity index is 1.52. The number of alkyl halides is 4. The minimum Gasteiger partial charge on any atom is -0.388 e. The molecule has 2 heterocycles. The summed E-state index contributed by atoms with van der Waals surface area (Å²) in [5.74, 6) is 0.569. The van der Waals surface area contributed by atoms with Gasteiger partial charge in [0.15, 0.2) is 0 Å². The second-order valence-corrected chi connectivity index (χ2v) is 12.3. The molecule has 6 N–H and O–H groups in total. The Hall–Kier alpha value is -0.340. The van der Waals surface area contributed by atoms with Crippen LogP contribution in [0.3, 0.4) is 0 Å². The van der Waals surface area contributed by atoms with Crippen LogP contribution in [-0.4, -0.2) is 100 Å². The van der Waals surface area contributed by atoms with E-state index >= 15 is 0 Å². The van der Waals surface area contributed by atoms with E-state index in [4.69, 9.17) is 16.3 Å². The molecule has 0 aromatic carbocycles. The summed E-state index contributed by atoms with van der Waals surface area (Å²) >= 11 is 7.57. The first-order valence-electron chi connectivity index (χ1n) is 13.1. The lowest BCUT2D eigenvalue weighted by molar-refractivity contribution is -0.205. The van der Waals surface area contributed by atoms with Crippen LogP contribution < -0.4 is 16.0 Å². The number of carbonyl (C=O) groups is 1. The number of aliphatic hydroxyl groups excluding tert-OH is 3. The zero-order chi connectivity index (χ0) is 27.3. The molecule has 0 bridgehead atoms. The van der Waals surface area contributed by atoms with Crippen LogP contribution in [0.1, 0.15) is 51.9 Å². The van der Waals surface area contributed by atoms with Crippen molar-refractivity contribution < 1.29 is 38.0 Å². The van der Waals surface area contributed by atoms with E-state index in [0.29, 0.717) is 24.8 Å². The molecule has 0 aromatic heterocycles. The largest absolute Gasteiger partial charge is 0.401 e. The molecule has 1 aliphatic carbocycles. The number of aliphatic hydroxyl groups is 3. The normalized spacial score (nSPS) is 39.4. The molecule has 37 heavy (non-hydrogen) atoms. The van der Waals surface area contributed by atoms with Gasteiger partial charge in [-0.25, -0.2) is 0 Å². The van der Waals surface area contributed by atoms with Crippen molar-refractivity contribution in [2.45, 2.75) is 111 Å². The van der Waals surface area contributed by atoms with Gasteiger partial charge in [-0.1, -0.05) is 0 Å². The van der Waals surface area contributed by atoms with E-state index in [9.17, 15) is 33.3 Å². The zero-order valence-electron chi connectivity index (χ0n) is 21.3. The van der Waals surface area contributed by atoms with Crippen LogP contribution in [0.2, 0.25) is 0 Å². The van der Waals surface area contributed by atoms with Gasteiger partial charge < -0.3 is 36.0 Å². The van der Waals surface area contributed by atoms with Crippen LogP contribution in [0.15, 0.2) is 0 Å². The van der Waals surface area contributed by atoms with E-state index in [1.54, 1.807) is 13.2 Å². The molecule has 216 valence electrons. The summed E-state index contributed by atoms with van der Waals surface area (Å²) in [5.41, 5.74) is -0.770. The monoisotopic (exact) mass is 575 g/mol. The molecule has 0 spiro atoms. The van der Waals surface area contributed by atoms with Gasteiger partial charge in [0, 0.05) is 6.04 Å². The van der Waals surface area contributed by atoms with E-state index in [2.05, 4.69) is 16.0 Å². The Kier molecular flexibility index (Phi) is 11.7. The number of carbonyl (C=O) groups excluding carboxylic acids is 1. The second-order valence-electron chi connectivity index (χ2n) is 10.6. The summed E-state index contributed by atoms with van der Waals surface area (Å²) < 4.78 is 43.3. The van der Waals surface area contributed by atoms with Crippen LogP contribution in [0, 0.1) is 11.8 Å². The van der Waals surface area contributed by atoms with Crippen molar-refractivity contribution in [3.05, 3.63) is 0 Å². The Labute approximate surface area is 225 Å². The predicted molar refractivity (Wildman–Crippen MR) is 136 cm³/mol. The van der Waals surface area contributed by atoms with Gasteiger partial charge >= 0.3 is 6.18 Å². The number of hydrogen-bond acceptors (Lipinski definition) is 8. The third-order valence-electron chi connectivity index (χ3n) is 8.07. The minimum absolute atomic E-state index is 0.0996. The average Bonchev–Trinajstić information content (AvgIpc) is 3.11. The van der Waals surface area contributed by atoms with Gasteiger partial charge in [-0.15, -0.1) is 23.4 Å². The maximum Gasteiger partial charge on any atom is 0.401 e. The fourth-order valence-corrected chi connectivity index (χ4v) is 6.79.